The maximum Gasteiger partial charge on any atom is 0.223 e. The van der Waals surface area contributed by atoms with Crippen molar-refractivity contribution in [2.24, 2.45) is 0 Å². The first kappa shape index (κ1) is 17.8. The van der Waals surface area contributed by atoms with E-state index in [0.29, 0.717) is 24.4 Å². The number of halogens is 1. The van der Waals surface area contributed by atoms with E-state index >= 15 is 0 Å². The normalized spacial score (nSPS) is 29.0. The van der Waals surface area contributed by atoms with Crippen LogP contribution >= 0.6 is 11.6 Å². The van der Waals surface area contributed by atoms with E-state index in [4.69, 9.17) is 31.5 Å². The van der Waals surface area contributed by atoms with Crippen molar-refractivity contribution in [1.82, 2.24) is 19.5 Å². The molecule has 2 aromatic heterocycles. The van der Waals surface area contributed by atoms with E-state index in [9.17, 15) is 0 Å². The summed E-state index contributed by atoms with van der Waals surface area (Å²) < 4.78 is 20.6. The molecule has 2 aliphatic rings. The number of benzene rings is 1. The van der Waals surface area contributed by atoms with Crippen molar-refractivity contribution < 1.29 is 14.2 Å². The highest BCUT2D eigenvalue weighted by atomic mass is 35.5. The fraction of sp³-hybridized carbons (Fsp3) is 0.421. The van der Waals surface area contributed by atoms with Crippen LogP contribution in [0.4, 0.5) is 5.95 Å². The van der Waals surface area contributed by atoms with Crippen LogP contribution in [0.2, 0.25) is 5.15 Å². The molecule has 2 aliphatic heterocycles. The van der Waals surface area contributed by atoms with Crippen molar-refractivity contribution in [3.63, 3.8) is 0 Å². The second kappa shape index (κ2) is 6.66. The number of hydrogen-bond donors (Lipinski definition) is 1. The Morgan fingerprint density at radius 2 is 2.14 bits per heavy atom. The van der Waals surface area contributed by atoms with Gasteiger partial charge >= 0.3 is 0 Å². The Hall–Kier alpha value is -2.26. The highest BCUT2D eigenvalue weighted by Gasteiger charge is 2.62. The smallest absolute Gasteiger partial charge is 0.223 e. The number of aromatic nitrogens is 4. The quantitative estimate of drug-likeness (QED) is 0.656. The fourth-order valence-corrected chi connectivity index (χ4v) is 4.26. The van der Waals surface area contributed by atoms with Crippen molar-refractivity contribution in [1.29, 1.82) is 0 Å². The Bertz CT molecular complexity index is 1010. The first-order valence-electron chi connectivity index (χ1n) is 9.22. The highest BCUT2D eigenvalue weighted by molar-refractivity contribution is 6.33. The molecule has 0 saturated carbocycles. The molecule has 0 aliphatic carbocycles. The minimum absolute atomic E-state index is 0.0883. The highest BCUT2D eigenvalue weighted by Crippen LogP contribution is 2.49. The van der Waals surface area contributed by atoms with Crippen LogP contribution in [-0.2, 0) is 20.8 Å². The molecule has 0 radical (unpaired) electrons. The number of anilines is 1. The SMILES string of the molecule is CC[C@@]12COC([C@H](n3cnc4c(Cl)nc(N)nc43)O1)[C@H]2OCc1ccccc1. The third-order valence-corrected chi connectivity index (χ3v) is 5.78. The van der Waals surface area contributed by atoms with E-state index in [1.54, 1.807) is 10.9 Å². The average Bonchev–Trinajstić information content (AvgIpc) is 3.37. The summed E-state index contributed by atoms with van der Waals surface area (Å²) in [5, 5.41) is 0.215. The van der Waals surface area contributed by atoms with Crippen LogP contribution < -0.4 is 5.73 Å². The fourth-order valence-electron chi connectivity index (χ4n) is 4.04. The minimum atomic E-state index is -0.511. The molecule has 2 N–H and O–H groups in total. The Labute approximate surface area is 166 Å². The predicted molar refractivity (Wildman–Crippen MR) is 103 cm³/mol. The molecule has 146 valence electrons. The number of imidazole rings is 1. The van der Waals surface area contributed by atoms with Gasteiger partial charge in [0.05, 0.1) is 19.5 Å². The number of nitrogens with zero attached hydrogens (tertiary/aromatic N) is 4. The van der Waals surface area contributed by atoms with Gasteiger partial charge in [-0.3, -0.25) is 4.57 Å². The molecule has 0 spiro atoms. The number of ether oxygens (including phenoxy) is 3. The van der Waals surface area contributed by atoms with Crippen LogP contribution in [-0.4, -0.2) is 43.9 Å². The monoisotopic (exact) mass is 401 g/mol. The van der Waals surface area contributed by atoms with Gasteiger partial charge in [0.2, 0.25) is 5.95 Å². The average molecular weight is 402 g/mol. The van der Waals surface area contributed by atoms with Gasteiger partial charge in [-0.25, -0.2) is 4.98 Å². The summed E-state index contributed by atoms with van der Waals surface area (Å²) in [5.41, 5.74) is 7.37. The summed E-state index contributed by atoms with van der Waals surface area (Å²) in [7, 11) is 0. The van der Waals surface area contributed by atoms with Crippen LogP contribution in [0.1, 0.15) is 25.1 Å². The lowest BCUT2D eigenvalue weighted by Crippen LogP contribution is -2.41. The van der Waals surface area contributed by atoms with Crippen molar-refractivity contribution in [2.75, 3.05) is 12.3 Å². The summed E-state index contributed by atoms with van der Waals surface area (Å²) in [4.78, 5) is 12.6. The molecular formula is C19H20ClN5O3. The second-order valence-electron chi connectivity index (χ2n) is 7.12. The Morgan fingerprint density at radius 3 is 2.93 bits per heavy atom. The van der Waals surface area contributed by atoms with Crippen molar-refractivity contribution in [2.45, 2.75) is 44.0 Å². The molecule has 5 rings (SSSR count). The van der Waals surface area contributed by atoms with E-state index in [2.05, 4.69) is 21.9 Å². The van der Waals surface area contributed by atoms with Gasteiger partial charge in [-0.2, -0.15) is 9.97 Å². The zero-order chi connectivity index (χ0) is 19.3. The number of fused-ring (bicyclic) bond motifs is 3. The third-order valence-electron chi connectivity index (χ3n) is 5.51. The summed E-state index contributed by atoms with van der Waals surface area (Å²) in [5.74, 6) is 0.0883. The molecule has 2 bridgehead atoms. The van der Waals surface area contributed by atoms with Gasteiger partial charge in [0.25, 0.3) is 0 Å². The van der Waals surface area contributed by atoms with E-state index in [1.165, 1.54) is 0 Å². The van der Waals surface area contributed by atoms with Gasteiger partial charge in [-0.15, -0.1) is 0 Å². The van der Waals surface area contributed by atoms with Crippen molar-refractivity contribution in [3.8, 4) is 0 Å². The first-order valence-corrected chi connectivity index (χ1v) is 9.59. The number of nitrogen functional groups attached to an aromatic ring is 1. The molecule has 4 heterocycles. The molecule has 8 nitrogen and oxygen atoms in total. The van der Waals surface area contributed by atoms with Crippen LogP contribution in [0.3, 0.4) is 0 Å². The zero-order valence-electron chi connectivity index (χ0n) is 15.3. The molecule has 4 atom stereocenters. The molecule has 0 amide bonds. The largest absolute Gasteiger partial charge is 0.368 e. The topological polar surface area (TPSA) is 97.3 Å². The molecule has 2 fully saturated rings. The zero-order valence-corrected chi connectivity index (χ0v) is 16.0. The Balaban J connectivity index is 1.47. The summed E-state index contributed by atoms with van der Waals surface area (Å²) in [6.07, 6.45) is 1.50. The van der Waals surface area contributed by atoms with Gasteiger partial charge in [-0.05, 0) is 12.0 Å². The molecule has 28 heavy (non-hydrogen) atoms. The molecule has 3 aromatic rings. The maximum absolute atomic E-state index is 6.46. The van der Waals surface area contributed by atoms with Gasteiger partial charge in [0.15, 0.2) is 17.0 Å². The predicted octanol–water partition coefficient (Wildman–Crippen LogP) is 2.72. The lowest BCUT2D eigenvalue weighted by molar-refractivity contribution is -0.174. The molecule has 1 unspecified atom stereocenters. The van der Waals surface area contributed by atoms with E-state index in [-0.39, 0.29) is 23.3 Å². The Kier molecular flexibility index (Phi) is 4.24. The van der Waals surface area contributed by atoms with E-state index in [1.807, 2.05) is 30.3 Å². The van der Waals surface area contributed by atoms with Crippen LogP contribution in [0.5, 0.6) is 0 Å². The van der Waals surface area contributed by atoms with Crippen LogP contribution in [0, 0.1) is 0 Å². The van der Waals surface area contributed by atoms with E-state index < -0.39 is 11.8 Å². The van der Waals surface area contributed by atoms with Crippen LogP contribution in [0.15, 0.2) is 36.7 Å². The number of nitrogens with two attached hydrogens (primary N) is 1. The number of rotatable bonds is 5. The molecule has 9 heteroatoms. The molecule has 2 saturated heterocycles. The van der Waals surface area contributed by atoms with Gasteiger partial charge in [0, 0.05) is 0 Å². The second-order valence-corrected chi connectivity index (χ2v) is 7.47. The van der Waals surface area contributed by atoms with Gasteiger partial charge < -0.3 is 19.9 Å². The van der Waals surface area contributed by atoms with Crippen LogP contribution in [0.25, 0.3) is 11.2 Å². The lowest BCUT2D eigenvalue weighted by Gasteiger charge is -2.30. The minimum Gasteiger partial charge on any atom is -0.368 e. The Morgan fingerprint density at radius 1 is 1.32 bits per heavy atom. The van der Waals surface area contributed by atoms with E-state index in [0.717, 1.165) is 12.0 Å². The standard InChI is InChI=1S/C19H20ClN5O3/c1-2-19-9-27-13(14(19)26-8-11-6-4-3-5-7-11)17(28-19)25-10-22-12-15(20)23-18(21)24-16(12)25/h3-7,10,13-14,17H,2,8-9H2,1H3,(H2,21,23,24)/t13?,14-,17-,19+/m1/s1. The molecule has 1 aromatic carbocycles. The van der Waals surface area contributed by atoms with Crippen molar-refractivity contribution in [3.05, 3.63) is 47.4 Å². The summed E-state index contributed by atoms with van der Waals surface area (Å²) in [6, 6.07) is 10.1. The summed E-state index contributed by atoms with van der Waals surface area (Å²) >= 11 is 6.16. The summed E-state index contributed by atoms with van der Waals surface area (Å²) in [6.45, 7) is 3.07. The van der Waals surface area contributed by atoms with Gasteiger partial charge in [0.1, 0.15) is 23.3 Å². The molecular weight excluding hydrogens is 382 g/mol. The first-order chi connectivity index (χ1) is 13.6. The third kappa shape index (κ3) is 2.68. The maximum atomic E-state index is 6.46. The van der Waals surface area contributed by atoms with Gasteiger partial charge in [-0.1, -0.05) is 48.9 Å². The number of hydrogen-bond acceptors (Lipinski definition) is 7. The van der Waals surface area contributed by atoms with Crippen molar-refractivity contribution >= 4 is 28.7 Å². The lowest BCUT2D eigenvalue weighted by atomic mass is 9.96.